The van der Waals surface area contributed by atoms with E-state index in [0.717, 1.165) is 18.8 Å². The van der Waals surface area contributed by atoms with Gasteiger partial charge in [-0.3, -0.25) is 0 Å². The number of aliphatic hydroxyl groups is 1. The van der Waals surface area contributed by atoms with Crippen LogP contribution in [0, 0.1) is 5.92 Å². The van der Waals surface area contributed by atoms with Crippen LogP contribution in [-0.4, -0.2) is 42.7 Å². The average molecular weight is 273 g/mol. The predicted molar refractivity (Wildman–Crippen MR) is 77.1 cm³/mol. The van der Waals surface area contributed by atoms with Crippen LogP contribution in [0.2, 0.25) is 0 Å². The Kier molecular flexibility index (Phi) is 7.29. The van der Waals surface area contributed by atoms with Crippen molar-refractivity contribution >= 4 is 0 Å². The third-order valence-electron chi connectivity index (χ3n) is 4.17. The van der Waals surface area contributed by atoms with E-state index in [0.29, 0.717) is 19.8 Å². The molecule has 1 saturated carbocycles. The van der Waals surface area contributed by atoms with E-state index in [9.17, 15) is 5.11 Å². The minimum Gasteiger partial charge on any atom is -0.388 e. The van der Waals surface area contributed by atoms with Gasteiger partial charge in [0.2, 0.25) is 0 Å². The molecule has 4 nitrogen and oxygen atoms in total. The Labute approximate surface area is 117 Å². The molecule has 0 aromatic heterocycles. The van der Waals surface area contributed by atoms with Gasteiger partial charge in [-0.1, -0.05) is 13.3 Å². The van der Waals surface area contributed by atoms with Crippen LogP contribution in [0.15, 0.2) is 0 Å². The van der Waals surface area contributed by atoms with E-state index in [-0.39, 0.29) is 11.7 Å². The van der Waals surface area contributed by atoms with Gasteiger partial charge in [-0.05, 0) is 45.4 Å². The monoisotopic (exact) mass is 273 g/mol. The molecule has 0 bridgehead atoms. The van der Waals surface area contributed by atoms with Crippen LogP contribution in [-0.2, 0) is 9.47 Å². The van der Waals surface area contributed by atoms with Gasteiger partial charge in [0.25, 0.3) is 0 Å². The molecule has 0 spiro atoms. The van der Waals surface area contributed by atoms with Crippen LogP contribution in [0.5, 0.6) is 0 Å². The van der Waals surface area contributed by atoms with E-state index in [1.54, 1.807) is 0 Å². The molecule has 1 rings (SSSR count). The van der Waals surface area contributed by atoms with Gasteiger partial charge in [0, 0.05) is 6.54 Å². The number of aliphatic hydroxyl groups excluding tert-OH is 1. The van der Waals surface area contributed by atoms with E-state index >= 15 is 0 Å². The first-order chi connectivity index (χ1) is 9.01. The van der Waals surface area contributed by atoms with Crippen LogP contribution in [0.1, 0.15) is 52.9 Å². The second kappa shape index (κ2) is 8.20. The summed E-state index contributed by atoms with van der Waals surface area (Å²) < 4.78 is 11.3. The Hall–Kier alpha value is -0.160. The molecule has 0 heterocycles. The maximum absolute atomic E-state index is 9.85. The molecular formula is C15H31NO3. The highest BCUT2D eigenvalue weighted by atomic mass is 16.5. The van der Waals surface area contributed by atoms with Crippen LogP contribution in [0.4, 0.5) is 0 Å². The Morgan fingerprint density at radius 3 is 2.37 bits per heavy atom. The fourth-order valence-corrected chi connectivity index (χ4v) is 2.64. The number of nitrogens with two attached hydrogens (primary N) is 1. The lowest BCUT2D eigenvalue weighted by Gasteiger charge is -2.39. The van der Waals surface area contributed by atoms with E-state index in [1.807, 2.05) is 13.8 Å². The summed E-state index contributed by atoms with van der Waals surface area (Å²) in [5.74, 6) is 0.817. The second-order valence-corrected chi connectivity index (χ2v) is 6.09. The highest BCUT2D eigenvalue weighted by Gasteiger charge is 2.35. The maximum atomic E-state index is 9.85. The fourth-order valence-electron chi connectivity index (χ4n) is 2.64. The van der Waals surface area contributed by atoms with E-state index in [2.05, 4.69) is 6.92 Å². The third-order valence-corrected chi connectivity index (χ3v) is 4.17. The van der Waals surface area contributed by atoms with Gasteiger partial charge in [0.1, 0.15) is 6.10 Å². The summed E-state index contributed by atoms with van der Waals surface area (Å²) in [7, 11) is 0. The number of ether oxygens (including phenoxy) is 2. The summed E-state index contributed by atoms with van der Waals surface area (Å²) in [6, 6.07) is 0. The van der Waals surface area contributed by atoms with Crippen molar-refractivity contribution in [3.8, 4) is 0 Å². The van der Waals surface area contributed by atoms with Gasteiger partial charge in [0.05, 0.1) is 24.9 Å². The summed E-state index contributed by atoms with van der Waals surface area (Å²) in [5, 5.41) is 9.85. The number of hydrogen-bond acceptors (Lipinski definition) is 4. The molecule has 4 heteroatoms. The quantitative estimate of drug-likeness (QED) is 0.711. The maximum Gasteiger partial charge on any atom is 0.101 e. The van der Waals surface area contributed by atoms with Gasteiger partial charge in [-0.15, -0.1) is 0 Å². The molecule has 1 fully saturated rings. The van der Waals surface area contributed by atoms with Crippen LogP contribution in [0.3, 0.4) is 0 Å². The molecule has 19 heavy (non-hydrogen) atoms. The van der Waals surface area contributed by atoms with Gasteiger partial charge < -0.3 is 20.3 Å². The lowest BCUT2D eigenvalue weighted by Crippen LogP contribution is -2.45. The topological polar surface area (TPSA) is 64.7 Å². The van der Waals surface area contributed by atoms with Gasteiger partial charge in [-0.25, -0.2) is 0 Å². The molecule has 0 saturated heterocycles. The van der Waals surface area contributed by atoms with Crippen LogP contribution in [0.25, 0.3) is 0 Å². The largest absolute Gasteiger partial charge is 0.388 e. The van der Waals surface area contributed by atoms with Crippen molar-refractivity contribution < 1.29 is 14.6 Å². The van der Waals surface area contributed by atoms with Gasteiger partial charge in [0.15, 0.2) is 0 Å². The first-order valence-electron chi connectivity index (χ1n) is 7.65. The Morgan fingerprint density at radius 2 is 1.89 bits per heavy atom. The minimum absolute atomic E-state index is 0.137. The van der Waals surface area contributed by atoms with E-state index in [1.165, 1.54) is 19.3 Å². The van der Waals surface area contributed by atoms with Crippen molar-refractivity contribution in [1.29, 1.82) is 0 Å². The molecule has 114 valence electrons. The molecule has 0 radical (unpaired) electrons. The minimum atomic E-state index is -0.560. The SMILES string of the molecule is CCC1CCC(CN)(OCC(O)COC(C)C)CC1. The lowest BCUT2D eigenvalue weighted by atomic mass is 9.77. The summed E-state index contributed by atoms with van der Waals surface area (Å²) in [6.45, 7) is 7.35. The van der Waals surface area contributed by atoms with Crippen LogP contribution < -0.4 is 5.73 Å². The molecule has 0 aliphatic heterocycles. The lowest BCUT2D eigenvalue weighted by molar-refractivity contribution is -0.114. The highest BCUT2D eigenvalue weighted by Crippen LogP contribution is 2.35. The Bertz CT molecular complexity index is 238. The molecule has 1 unspecified atom stereocenters. The first-order valence-corrected chi connectivity index (χ1v) is 7.65. The third kappa shape index (κ3) is 5.78. The number of hydrogen-bond donors (Lipinski definition) is 2. The smallest absolute Gasteiger partial charge is 0.101 e. The van der Waals surface area contributed by atoms with Gasteiger partial charge in [-0.2, -0.15) is 0 Å². The van der Waals surface area contributed by atoms with Crippen molar-refractivity contribution in [2.24, 2.45) is 11.7 Å². The van der Waals surface area contributed by atoms with E-state index < -0.39 is 6.10 Å². The predicted octanol–water partition coefficient (Wildman–Crippen LogP) is 2.09. The van der Waals surface area contributed by atoms with Gasteiger partial charge >= 0.3 is 0 Å². The van der Waals surface area contributed by atoms with Crippen LogP contribution >= 0.6 is 0 Å². The molecular weight excluding hydrogens is 242 g/mol. The second-order valence-electron chi connectivity index (χ2n) is 6.09. The molecule has 0 aromatic rings. The van der Waals surface area contributed by atoms with Crippen molar-refractivity contribution in [2.45, 2.75) is 70.7 Å². The van der Waals surface area contributed by atoms with Crippen molar-refractivity contribution in [1.82, 2.24) is 0 Å². The molecule has 3 N–H and O–H groups in total. The molecule has 0 aromatic carbocycles. The molecule has 1 atom stereocenters. The van der Waals surface area contributed by atoms with Crippen molar-refractivity contribution in [2.75, 3.05) is 19.8 Å². The zero-order chi connectivity index (χ0) is 14.3. The zero-order valence-corrected chi connectivity index (χ0v) is 12.7. The summed E-state index contributed by atoms with van der Waals surface area (Å²) >= 11 is 0. The molecule has 1 aliphatic rings. The van der Waals surface area contributed by atoms with Crippen molar-refractivity contribution in [3.63, 3.8) is 0 Å². The van der Waals surface area contributed by atoms with Crippen molar-refractivity contribution in [3.05, 3.63) is 0 Å². The first kappa shape index (κ1) is 16.9. The summed E-state index contributed by atoms with van der Waals surface area (Å²) in [6.07, 6.45) is 5.22. The summed E-state index contributed by atoms with van der Waals surface area (Å²) in [5.41, 5.74) is 5.68. The molecule has 1 aliphatic carbocycles. The zero-order valence-electron chi connectivity index (χ0n) is 12.7. The normalized spacial score (nSPS) is 29.7. The summed E-state index contributed by atoms with van der Waals surface area (Å²) in [4.78, 5) is 0. The fraction of sp³-hybridized carbons (Fsp3) is 1.00. The highest BCUT2D eigenvalue weighted by molar-refractivity contribution is 4.88. The standard InChI is InChI=1S/C15H31NO3/c1-4-13-5-7-15(11-16,8-6-13)19-10-14(17)9-18-12(2)3/h12-14,17H,4-11,16H2,1-3H3. The molecule has 0 amide bonds. The average Bonchev–Trinajstić information content (AvgIpc) is 2.43. The Morgan fingerprint density at radius 1 is 1.26 bits per heavy atom. The number of rotatable bonds is 8. The Balaban J connectivity index is 2.32. The van der Waals surface area contributed by atoms with E-state index in [4.69, 9.17) is 15.2 Å².